The Morgan fingerprint density at radius 1 is 1.19 bits per heavy atom. The van der Waals surface area contributed by atoms with Crippen LogP contribution < -0.4 is 20.1 Å². The van der Waals surface area contributed by atoms with Crippen LogP contribution in [0.15, 0.2) is 29.4 Å². The predicted molar refractivity (Wildman–Crippen MR) is 128 cm³/mol. The molecule has 0 bridgehead atoms. The molecule has 1 heterocycles. The average molecular weight is 572 g/mol. The summed E-state index contributed by atoms with van der Waals surface area (Å²) in [4.78, 5) is 10.2. The van der Waals surface area contributed by atoms with Gasteiger partial charge in [0.2, 0.25) is 0 Å². The highest BCUT2D eigenvalue weighted by atomic mass is 127. The number of hydrogen-bond acceptors (Lipinski definition) is 5. The molecule has 2 N–H and O–H groups in total. The highest BCUT2D eigenvalue weighted by molar-refractivity contribution is 14.0. The summed E-state index contributed by atoms with van der Waals surface area (Å²) in [5.74, 6) is 0.934. The van der Waals surface area contributed by atoms with Crippen LogP contribution in [0.1, 0.15) is 29.3 Å². The Balaban J connectivity index is 0.00000480. The number of halogens is 4. The molecule has 0 saturated carbocycles. The summed E-state index contributed by atoms with van der Waals surface area (Å²) >= 11 is 1.71. The minimum Gasteiger partial charge on any atom is -0.493 e. The van der Waals surface area contributed by atoms with Crippen LogP contribution >= 0.6 is 35.3 Å². The number of alkyl halides is 3. The number of ether oxygens (including phenoxy) is 2. The quantitative estimate of drug-likeness (QED) is 0.248. The van der Waals surface area contributed by atoms with E-state index < -0.39 is 12.8 Å². The van der Waals surface area contributed by atoms with E-state index in [4.69, 9.17) is 9.47 Å². The first-order valence-electron chi connectivity index (χ1n) is 9.66. The number of aryl methyl sites for hydroxylation is 1. The van der Waals surface area contributed by atoms with Crippen molar-refractivity contribution in [3.8, 4) is 11.5 Å². The maximum Gasteiger partial charge on any atom is 0.422 e. The van der Waals surface area contributed by atoms with Crippen LogP contribution in [0.4, 0.5) is 13.2 Å². The molecule has 0 radical (unpaired) electrons. The first-order chi connectivity index (χ1) is 14.3. The Kier molecular flexibility index (Phi) is 12.0. The molecule has 31 heavy (non-hydrogen) atoms. The normalized spacial score (nSPS) is 11.6. The molecule has 0 saturated heterocycles. The van der Waals surface area contributed by atoms with Gasteiger partial charge in [0, 0.05) is 30.6 Å². The van der Waals surface area contributed by atoms with Crippen molar-refractivity contribution in [3.05, 3.63) is 39.8 Å². The van der Waals surface area contributed by atoms with Gasteiger partial charge in [-0.05, 0) is 31.0 Å². The third-order valence-electron chi connectivity index (χ3n) is 3.96. The van der Waals surface area contributed by atoms with Gasteiger partial charge in [-0.2, -0.15) is 13.2 Å². The molecule has 0 aliphatic rings. The summed E-state index contributed by atoms with van der Waals surface area (Å²) in [6.45, 7) is 4.44. The Morgan fingerprint density at radius 3 is 2.58 bits per heavy atom. The van der Waals surface area contributed by atoms with Crippen LogP contribution in [-0.4, -0.2) is 43.9 Å². The first-order valence-corrected chi connectivity index (χ1v) is 10.5. The molecule has 0 atom stereocenters. The van der Waals surface area contributed by atoms with E-state index >= 15 is 0 Å². The number of rotatable bonds is 10. The standard InChI is InChI=1S/C20H27F3N4O2S.HI/c1-4-15-12-26-18(30-15)8-9-25-19(24-5-2)27-11-14-6-7-16(17(10-14)28-3)29-13-20(21,22)23;/h6-7,10,12H,4-5,8-9,11,13H2,1-3H3,(H2,24,25,27);1H. The molecule has 0 spiro atoms. The molecule has 2 rings (SSSR count). The molecule has 0 aliphatic heterocycles. The molecule has 0 unspecified atom stereocenters. The van der Waals surface area contributed by atoms with Gasteiger partial charge in [0.1, 0.15) is 0 Å². The molecular weight excluding hydrogens is 544 g/mol. The van der Waals surface area contributed by atoms with Gasteiger partial charge in [0.25, 0.3) is 0 Å². The second-order valence-electron chi connectivity index (χ2n) is 6.33. The van der Waals surface area contributed by atoms with E-state index in [9.17, 15) is 13.2 Å². The van der Waals surface area contributed by atoms with Crippen molar-refractivity contribution in [1.82, 2.24) is 15.6 Å². The van der Waals surface area contributed by atoms with E-state index in [0.29, 0.717) is 25.6 Å². The van der Waals surface area contributed by atoms with E-state index in [1.807, 2.05) is 13.1 Å². The van der Waals surface area contributed by atoms with Crippen molar-refractivity contribution in [2.75, 3.05) is 26.8 Å². The number of aliphatic imine (C=N–C) groups is 1. The lowest BCUT2D eigenvalue weighted by molar-refractivity contribution is -0.153. The number of benzene rings is 1. The lowest BCUT2D eigenvalue weighted by Gasteiger charge is -2.14. The fourth-order valence-electron chi connectivity index (χ4n) is 2.52. The Morgan fingerprint density at radius 2 is 1.97 bits per heavy atom. The monoisotopic (exact) mass is 572 g/mol. The van der Waals surface area contributed by atoms with Crippen LogP contribution in [0.5, 0.6) is 11.5 Å². The van der Waals surface area contributed by atoms with E-state index in [-0.39, 0.29) is 35.5 Å². The van der Waals surface area contributed by atoms with Crippen LogP contribution in [0.3, 0.4) is 0 Å². The van der Waals surface area contributed by atoms with E-state index in [1.165, 1.54) is 18.1 Å². The van der Waals surface area contributed by atoms with Gasteiger partial charge >= 0.3 is 6.18 Å². The lowest BCUT2D eigenvalue weighted by Crippen LogP contribution is -2.38. The largest absolute Gasteiger partial charge is 0.493 e. The molecule has 11 heteroatoms. The van der Waals surface area contributed by atoms with Gasteiger partial charge < -0.3 is 20.1 Å². The number of hydrogen-bond donors (Lipinski definition) is 2. The molecule has 1 aromatic heterocycles. The van der Waals surface area contributed by atoms with Gasteiger partial charge in [-0.1, -0.05) is 13.0 Å². The lowest BCUT2D eigenvalue weighted by atomic mass is 10.2. The second kappa shape index (κ2) is 13.6. The van der Waals surface area contributed by atoms with E-state index in [1.54, 1.807) is 23.5 Å². The van der Waals surface area contributed by atoms with Crippen LogP contribution in [0.2, 0.25) is 0 Å². The smallest absolute Gasteiger partial charge is 0.422 e. The fourth-order valence-corrected chi connectivity index (χ4v) is 3.38. The number of thiazole rings is 1. The van der Waals surface area contributed by atoms with Crippen LogP contribution in [0, 0.1) is 0 Å². The maximum atomic E-state index is 12.4. The van der Waals surface area contributed by atoms with Crippen LogP contribution in [-0.2, 0) is 19.4 Å². The zero-order chi connectivity index (χ0) is 22.0. The van der Waals surface area contributed by atoms with Crippen molar-refractivity contribution in [3.63, 3.8) is 0 Å². The number of aromatic nitrogens is 1. The molecule has 6 nitrogen and oxygen atoms in total. The van der Waals surface area contributed by atoms with Gasteiger partial charge in [0.05, 0.1) is 18.7 Å². The van der Waals surface area contributed by atoms with Gasteiger partial charge in [-0.3, -0.25) is 0 Å². The number of nitrogens with one attached hydrogen (secondary N) is 2. The van der Waals surface area contributed by atoms with Crippen molar-refractivity contribution in [2.45, 2.75) is 39.4 Å². The van der Waals surface area contributed by atoms with Crippen molar-refractivity contribution >= 4 is 41.3 Å². The number of methoxy groups -OCH3 is 1. The minimum absolute atomic E-state index is 0. The second-order valence-corrected chi connectivity index (χ2v) is 7.53. The Hall–Kier alpha value is -1.76. The summed E-state index contributed by atoms with van der Waals surface area (Å²) in [7, 11) is 1.39. The Labute approximate surface area is 201 Å². The maximum absolute atomic E-state index is 12.4. The van der Waals surface area contributed by atoms with E-state index in [0.717, 1.165) is 23.4 Å². The third kappa shape index (κ3) is 9.93. The van der Waals surface area contributed by atoms with Gasteiger partial charge in [0.15, 0.2) is 24.1 Å². The van der Waals surface area contributed by atoms with Crippen molar-refractivity contribution in [1.29, 1.82) is 0 Å². The zero-order valence-electron chi connectivity index (χ0n) is 17.7. The topological polar surface area (TPSA) is 67.8 Å². The van der Waals surface area contributed by atoms with Crippen molar-refractivity contribution < 1.29 is 22.6 Å². The summed E-state index contributed by atoms with van der Waals surface area (Å²) in [6, 6.07) is 4.76. The molecule has 0 fully saturated rings. The van der Waals surface area contributed by atoms with E-state index in [2.05, 4.69) is 27.5 Å². The fraction of sp³-hybridized carbons (Fsp3) is 0.500. The SMILES string of the molecule is CCNC(=NCc1ccc(OCC(F)(F)F)c(OC)c1)NCCc1ncc(CC)s1.I. The predicted octanol–water partition coefficient (Wildman–Crippen LogP) is 4.57. The molecule has 174 valence electrons. The highest BCUT2D eigenvalue weighted by Gasteiger charge is 2.29. The zero-order valence-corrected chi connectivity index (χ0v) is 20.9. The van der Waals surface area contributed by atoms with Crippen LogP contribution in [0.25, 0.3) is 0 Å². The summed E-state index contributed by atoms with van der Waals surface area (Å²) in [6.07, 6.45) is -0.710. The van der Waals surface area contributed by atoms with Gasteiger partial charge in [-0.15, -0.1) is 35.3 Å². The molecule has 1 aromatic carbocycles. The molecule has 0 amide bonds. The average Bonchev–Trinajstić information content (AvgIpc) is 3.18. The third-order valence-corrected chi connectivity index (χ3v) is 5.17. The molecule has 0 aliphatic carbocycles. The molecular formula is C20H28F3IN4O2S. The first kappa shape index (κ1) is 27.3. The number of guanidine groups is 1. The summed E-state index contributed by atoms with van der Waals surface area (Å²) in [5, 5.41) is 7.52. The minimum atomic E-state index is -4.41. The highest BCUT2D eigenvalue weighted by Crippen LogP contribution is 2.30. The summed E-state index contributed by atoms with van der Waals surface area (Å²) < 4.78 is 47.1. The summed E-state index contributed by atoms with van der Waals surface area (Å²) in [5.41, 5.74) is 0.788. The van der Waals surface area contributed by atoms with Crippen molar-refractivity contribution in [2.24, 2.45) is 4.99 Å². The van der Waals surface area contributed by atoms with Gasteiger partial charge in [-0.25, -0.2) is 9.98 Å². The number of nitrogens with zero attached hydrogens (tertiary/aromatic N) is 2. The Bertz CT molecular complexity index is 831. The molecule has 2 aromatic rings.